The van der Waals surface area contributed by atoms with Crippen LogP contribution in [0, 0.1) is 6.92 Å². The molecule has 0 saturated heterocycles. The van der Waals surface area contributed by atoms with Gasteiger partial charge in [-0.25, -0.2) is 0 Å². The average Bonchev–Trinajstić information content (AvgIpc) is 2.69. The highest BCUT2D eigenvalue weighted by Gasteiger charge is 2.14. The number of nitrogens with zero attached hydrogens (tertiary/aromatic N) is 2. The molecule has 0 fully saturated rings. The number of benzene rings is 2. The zero-order valence-corrected chi connectivity index (χ0v) is 16.6. The summed E-state index contributed by atoms with van der Waals surface area (Å²) in [7, 11) is 3.38. The molecule has 5 nitrogen and oxygen atoms in total. The molecule has 28 heavy (non-hydrogen) atoms. The SMILES string of the molecule is Cc1cc(C(=O)N(C)C)ccc1C(=O)Nc1ccc(Cl)c(-c2ccccn2)c1. The van der Waals surface area contributed by atoms with Crippen LogP contribution in [0.15, 0.2) is 60.8 Å². The fourth-order valence-corrected chi connectivity index (χ4v) is 3.04. The minimum atomic E-state index is -0.254. The lowest BCUT2D eigenvalue weighted by Crippen LogP contribution is -2.22. The van der Waals surface area contributed by atoms with Gasteiger partial charge in [-0.15, -0.1) is 0 Å². The molecule has 142 valence electrons. The summed E-state index contributed by atoms with van der Waals surface area (Å²) in [4.78, 5) is 30.6. The van der Waals surface area contributed by atoms with E-state index in [1.807, 2.05) is 25.1 Å². The first-order valence-electron chi connectivity index (χ1n) is 8.71. The standard InChI is InChI=1S/C22H20ClN3O2/c1-14-12-15(22(28)26(2)3)7-9-17(14)21(27)25-16-8-10-19(23)18(13-16)20-6-4-5-11-24-20/h4-13H,1-3H3,(H,25,27). The fourth-order valence-electron chi connectivity index (χ4n) is 2.83. The van der Waals surface area contributed by atoms with Crippen LogP contribution in [0.25, 0.3) is 11.3 Å². The van der Waals surface area contributed by atoms with Crippen molar-refractivity contribution in [3.05, 3.63) is 82.5 Å². The molecule has 0 saturated carbocycles. The van der Waals surface area contributed by atoms with E-state index < -0.39 is 0 Å². The molecular formula is C22H20ClN3O2. The zero-order chi connectivity index (χ0) is 20.3. The highest BCUT2D eigenvalue weighted by molar-refractivity contribution is 6.33. The van der Waals surface area contributed by atoms with Crippen LogP contribution in [-0.4, -0.2) is 35.8 Å². The second-order valence-electron chi connectivity index (χ2n) is 6.59. The topological polar surface area (TPSA) is 62.3 Å². The largest absolute Gasteiger partial charge is 0.345 e. The van der Waals surface area contributed by atoms with Crippen molar-refractivity contribution in [3.63, 3.8) is 0 Å². The molecule has 0 aliphatic rings. The van der Waals surface area contributed by atoms with Gasteiger partial charge >= 0.3 is 0 Å². The van der Waals surface area contributed by atoms with Gasteiger partial charge in [-0.05, 0) is 61.0 Å². The summed E-state index contributed by atoms with van der Waals surface area (Å²) in [5.74, 6) is -0.358. The number of pyridine rings is 1. The van der Waals surface area contributed by atoms with Crippen LogP contribution in [0.1, 0.15) is 26.3 Å². The van der Waals surface area contributed by atoms with Crippen LogP contribution in [0.5, 0.6) is 0 Å². The van der Waals surface area contributed by atoms with E-state index in [9.17, 15) is 9.59 Å². The Bertz CT molecular complexity index is 1030. The Hall–Kier alpha value is -3.18. The van der Waals surface area contributed by atoms with Crippen LogP contribution >= 0.6 is 11.6 Å². The van der Waals surface area contributed by atoms with Crippen LogP contribution in [0.3, 0.4) is 0 Å². The molecule has 6 heteroatoms. The molecule has 3 rings (SSSR count). The number of carbonyl (C=O) groups excluding carboxylic acids is 2. The number of aromatic nitrogens is 1. The molecule has 1 aromatic heterocycles. The number of hydrogen-bond acceptors (Lipinski definition) is 3. The van der Waals surface area contributed by atoms with Crippen molar-refractivity contribution in [2.75, 3.05) is 19.4 Å². The number of halogens is 1. The number of nitrogens with one attached hydrogen (secondary N) is 1. The Morgan fingerprint density at radius 3 is 2.46 bits per heavy atom. The lowest BCUT2D eigenvalue weighted by molar-refractivity contribution is 0.0827. The van der Waals surface area contributed by atoms with Crippen LogP contribution in [0.2, 0.25) is 5.02 Å². The monoisotopic (exact) mass is 393 g/mol. The van der Waals surface area contributed by atoms with Crippen molar-refractivity contribution in [1.29, 1.82) is 0 Å². The Kier molecular flexibility index (Phi) is 5.76. The maximum absolute atomic E-state index is 12.7. The van der Waals surface area contributed by atoms with Gasteiger partial charge in [0.2, 0.25) is 0 Å². The number of anilines is 1. The number of rotatable bonds is 4. The van der Waals surface area contributed by atoms with Gasteiger partial charge in [0.25, 0.3) is 11.8 Å². The summed E-state index contributed by atoms with van der Waals surface area (Å²) in [6.07, 6.45) is 1.69. The Balaban J connectivity index is 1.85. The summed E-state index contributed by atoms with van der Waals surface area (Å²) in [6, 6.07) is 15.9. The van der Waals surface area contributed by atoms with Gasteiger partial charge in [0.05, 0.1) is 10.7 Å². The quantitative estimate of drug-likeness (QED) is 0.700. The van der Waals surface area contributed by atoms with Gasteiger partial charge in [0.1, 0.15) is 0 Å². The second kappa shape index (κ2) is 8.23. The maximum atomic E-state index is 12.7. The van der Waals surface area contributed by atoms with Crippen molar-refractivity contribution in [2.45, 2.75) is 6.92 Å². The molecule has 2 amide bonds. The maximum Gasteiger partial charge on any atom is 0.255 e. The van der Waals surface area contributed by atoms with E-state index >= 15 is 0 Å². The predicted octanol–water partition coefficient (Wildman–Crippen LogP) is 4.66. The van der Waals surface area contributed by atoms with Crippen molar-refractivity contribution >= 4 is 29.1 Å². The summed E-state index contributed by atoms with van der Waals surface area (Å²) in [5, 5.41) is 3.44. The fraction of sp³-hybridized carbons (Fsp3) is 0.136. The third kappa shape index (κ3) is 4.21. The van der Waals surface area contributed by atoms with Crippen LogP contribution < -0.4 is 5.32 Å². The molecule has 0 spiro atoms. The van der Waals surface area contributed by atoms with Gasteiger partial charge in [-0.1, -0.05) is 17.7 Å². The Morgan fingerprint density at radius 2 is 1.82 bits per heavy atom. The smallest absolute Gasteiger partial charge is 0.255 e. The second-order valence-corrected chi connectivity index (χ2v) is 7.00. The van der Waals surface area contributed by atoms with E-state index in [4.69, 9.17) is 11.6 Å². The molecule has 3 aromatic rings. The van der Waals surface area contributed by atoms with Gasteiger partial charge in [-0.2, -0.15) is 0 Å². The molecule has 0 unspecified atom stereocenters. The van der Waals surface area contributed by atoms with E-state index in [0.29, 0.717) is 21.8 Å². The molecule has 1 heterocycles. The lowest BCUT2D eigenvalue weighted by Gasteiger charge is -2.13. The number of hydrogen-bond donors (Lipinski definition) is 1. The molecular weight excluding hydrogens is 374 g/mol. The molecule has 1 N–H and O–H groups in total. The summed E-state index contributed by atoms with van der Waals surface area (Å²) in [5.41, 5.74) is 3.86. The Labute approximate surface area is 169 Å². The molecule has 0 aliphatic carbocycles. The predicted molar refractivity (Wildman–Crippen MR) is 112 cm³/mol. The first-order chi connectivity index (χ1) is 13.4. The minimum absolute atomic E-state index is 0.104. The summed E-state index contributed by atoms with van der Waals surface area (Å²) >= 11 is 6.29. The normalized spacial score (nSPS) is 10.4. The van der Waals surface area contributed by atoms with Crippen molar-refractivity contribution in [2.24, 2.45) is 0 Å². The van der Waals surface area contributed by atoms with Crippen LogP contribution in [-0.2, 0) is 0 Å². The first-order valence-corrected chi connectivity index (χ1v) is 9.09. The molecule has 0 bridgehead atoms. The van der Waals surface area contributed by atoms with Gasteiger partial charge in [0, 0.05) is 42.7 Å². The first kappa shape index (κ1) is 19.6. The van der Waals surface area contributed by atoms with E-state index in [0.717, 1.165) is 16.8 Å². The Morgan fingerprint density at radius 1 is 1.04 bits per heavy atom. The molecule has 2 aromatic carbocycles. The highest BCUT2D eigenvalue weighted by Crippen LogP contribution is 2.29. The summed E-state index contributed by atoms with van der Waals surface area (Å²) < 4.78 is 0. The van der Waals surface area contributed by atoms with Gasteiger partial charge < -0.3 is 10.2 Å². The average molecular weight is 394 g/mol. The van der Waals surface area contributed by atoms with Crippen molar-refractivity contribution < 1.29 is 9.59 Å². The van der Waals surface area contributed by atoms with E-state index in [-0.39, 0.29) is 11.8 Å². The zero-order valence-electron chi connectivity index (χ0n) is 15.9. The van der Waals surface area contributed by atoms with E-state index in [2.05, 4.69) is 10.3 Å². The molecule has 0 atom stereocenters. The van der Waals surface area contributed by atoms with E-state index in [1.165, 1.54) is 4.90 Å². The molecule has 0 radical (unpaired) electrons. The molecule has 0 aliphatic heterocycles. The number of aryl methyl sites for hydroxylation is 1. The summed E-state index contributed by atoms with van der Waals surface area (Å²) in [6.45, 7) is 1.81. The van der Waals surface area contributed by atoms with E-state index in [1.54, 1.807) is 56.7 Å². The van der Waals surface area contributed by atoms with Crippen molar-refractivity contribution in [1.82, 2.24) is 9.88 Å². The van der Waals surface area contributed by atoms with Gasteiger partial charge in [-0.3, -0.25) is 14.6 Å². The minimum Gasteiger partial charge on any atom is -0.345 e. The lowest BCUT2D eigenvalue weighted by atomic mass is 10.0. The third-order valence-corrected chi connectivity index (χ3v) is 4.62. The highest BCUT2D eigenvalue weighted by atomic mass is 35.5. The number of carbonyl (C=O) groups is 2. The number of amides is 2. The third-order valence-electron chi connectivity index (χ3n) is 4.29. The van der Waals surface area contributed by atoms with Crippen LogP contribution in [0.4, 0.5) is 5.69 Å². The van der Waals surface area contributed by atoms with Crippen molar-refractivity contribution in [3.8, 4) is 11.3 Å². The van der Waals surface area contributed by atoms with Gasteiger partial charge in [0.15, 0.2) is 0 Å².